The van der Waals surface area contributed by atoms with Crippen LogP contribution in [-0.2, 0) is 25.6 Å². The summed E-state index contributed by atoms with van der Waals surface area (Å²) in [5, 5.41) is 0.638. The Kier molecular flexibility index (Phi) is 5.96. The molecule has 0 saturated carbocycles. The lowest BCUT2D eigenvalue weighted by molar-refractivity contribution is -0.137. The molecule has 0 N–H and O–H groups in total. The van der Waals surface area contributed by atoms with Crippen LogP contribution in [0.4, 0.5) is 13.2 Å². The molecule has 2 heterocycles. The van der Waals surface area contributed by atoms with E-state index in [9.17, 15) is 18.0 Å². The first-order chi connectivity index (χ1) is 14.6. The molecule has 0 aliphatic heterocycles. The van der Waals surface area contributed by atoms with Crippen molar-refractivity contribution in [3.8, 4) is 0 Å². The third-order valence-corrected chi connectivity index (χ3v) is 7.06. The van der Waals surface area contributed by atoms with E-state index in [1.54, 1.807) is 17.4 Å². The second-order valence-corrected chi connectivity index (χ2v) is 9.87. The highest BCUT2D eigenvalue weighted by Crippen LogP contribution is 2.35. The van der Waals surface area contributed by atoms with Gasteiger partial charge in [0, 0.05) is 17.5 Å². The van der Waals surface area contributed by atoms with Crippen molar-refractivity contribution in [1.82, 2.24) is 14.5 Å². The van der Waals surface area contributed by atoms with Crippen LogP contribution in [-0.4, -0.2) is 34.1 Å². The fourth-order valence-corrected chi connectivity index (χ4v) is 5.69. The molecule has 2 aromatic heterocycles. The Morgan fingerprint density at radius 3 is 2.81 bits per heavy atom. The van der Waals surface area contributed by atoms with Gasteiger partial charge in [0.25, 0.3) is 5.56 Å². The average molecular weight is 450 g/mol. The lowest BCUT2D eigenvalue weighted by atomic mass is 9.92. The number of nitrogens with zero attached hydrogens (tertiary/aromatic N) is 3. The molecule has 1 aliphatic carbocycles. The number of alkyl halides is 3. The first-order valence-electron chi connectivity index (χ1n) is 10.5. The van der Waals surface area contributed by atoms with Crippen LogP contribution in [0.3, 0.4) is 0 Å². The van der Waals surface area contributed by atoms with Crippen LogP contribution in [0.15, 0.2) is 35.4 Å². The van der Waals surface area contributed by atoms with Gasteiger partial charge in [-0.25, -0.2) is 4.98 Å². The van der Waals surface area contributed by atoms with Gasteiger partial charge in [-0.2, -0.15) is 13.2 Å². The van der Waals surface area contributed by atoms with Crippen molar-refractivity contribution in [1.29, 1.82) is 0 Å². The van der Waals surface area contributed by atoms with E-state index in [4.69, 9.17) is 0 Å². The molecule has 4 nitrogen and oxygen atoms in total. The number of thiophene rings is 1. The molecule has 1 atom stereocenters. The average Bonchev–Trinajstić information content (AvgIpc) is 3.07. The monoisotopic (exact) mass is 449 g/mol. The zero-order valence-corrected chi connectivity index (χ0v) is 18.7. The zero-order valence-electron chi connectivity index (χ0n) is 17.9. The van der Waals surface area contributed by atoms with E-state index < -0.39 is 11.7 Å². The highest BCUT2D eigenvalue weighted by atomic mass is 32.1. The van der Waals surface area contributed by atoms with Gasteiger partial charge < -0.3 is 4.90 Å². The van der Waals surface area contributed by atoms with Crippen LogP contribution in [0.2, 0.25) is 0 Å². The third kappa shape index (κ3) is 4.55. The number of aryl methyl sites for hydroxylation is 1. The summed E-state index contributed by atoms with van der Waals surface area (Å²) < 4.78 is 40.5. The summed E-state index contributed by atoms with van der Waals surface area (Å²) in [4.78, 5) is 22.0. The Morgan fingerprint density at radius 1 is 1.32 bits per heavy atom. The van der Waals surface area contributed by atoms with Crippen molar-refractivity contribution in [2.75, 3.05) is 13.6 Å². The zero-order chi connectivity index (χ0) is 22.3. The number of rotatable bonds is 5. The lowest BCUT2D eigenvalue weighted by Gasteiger charge is -2.32. The van der Waals surface area contributed by atoms with E-state index in [0.29, 0.717) is 22.9 Å². The molecule has 8 heteroatoms. The van der Waals surface area contributed by atoms with E-state index in [1.807, 2.05) is 0 Å². The number of hydrogen-bond donors (Lipinski definition) is 0. The molecule has 0 spiro atoms. The highest BCUT2D eigenvalue weighted by Gasteiger charge is 2.30. The standard InChI is InChI=1S/C23H26F3N3OS/c1-14(2)11-28(3)17-7-8-18-19(10-17)31-21-20(18)22(30)29(13-27-21)12-15-5-4-6-16(9-15)23(24,25)26/h4-6,9,13-14,17H,7-8,10-12H2,1-3H3/t17-/m1/s1. The number of benzene rings is 1. The van der Waals surface area contributed by atoms with Crippen molar-refractivity contribution in [2.24, 2.45) is 5.92 Å². The first-order valence-corrected chi connectivity index (χ1v) is 11.3. The number of likely N-dealkylation sites (N-methyl/N-ethyl adjacent to an activating group) is 1. The van der Waals surface area contributed by atoms with Crippen LogP contribution in [0.5, 0.6) is 0 Å². The molecular formula is C23H26F3N3OS. The van der Waals surface area contributed by atoms with E-state index in [-0.39, 0.29) is 12.1 Å². The molecule has 1 aliphatic rings. The van der Waals surface area contributed by atoms with E-state index in [0.717, 1.165) is 48.3 Å². The molecule has 1 aromatic carbocycles. The molecular weight excluding hydrogens is 423 g/mol. The van der Waals surface area contributed by atoms with Crippen LogP contribution in [0, 0.1) is 5.92 Å². The largest absolute Gasteiger partial charge is 0.416 e. The van der Waals surface area contributed by atoms with Crippen molar-refractivity contribution >= 4 is 21.6 Å². The predicted molar refractivity (Wildman–Crippen MR) is 118 cm³/mol. The van der Waals surface area contributed by atoms with Crippen LogP contribution < -0.4 is 5.56 Å². The number of aromatic nitrogens is 2. The van der Waals surface area contributed by atoms with Crippen molar-refractivity contribution in [2.45, 2.75) is 51.9 Å². The van der Waals surface area contributed by atoms with Gasteiger partial charge in [-0.3, -0.25) is 9.36 Å². The Hall–Kier alpha value is -2.19. The minimum Gasteiger partial charge on any atom is -0.303 e. The molecule has 4 rings (SSSR count). The van der Waals surface area contributed by atoms with Crippen molar-refractivity contribution in [3.63, 3.8) is 0 Å². The molecule has 0 fully saturated rings. The molecule has 31 heavy (non-hydrogen) atoms. The Morgan fingerprint density at radius 2 is 2.10 bits per heavy atom. The minimum atomic E-state index is -4.41. The van der Waals surface area contributed by atoms with E-state index in [1.165, 1.54) is 21.8 Å². The fourth-order valence-electron chi connectivity index (χ4n) is 4.44. The maximum absolute atomic E-state index is 13.2. The van der Waals surface area contributed by atoms with Gasteiger partial charge in [-0.05, 0) is 55.5 Å². The Bertz CT molecular complexity index is 1150. The first kappa shape index (κ1) is 22.0. The Balaban J connectivity index is 1.63. The van der Waals surface area contributed by atoms with Gasteiger partial charge in [0.05, 0.1) is 23.8 Å². The van der Waals surface area contributed by atoms with Crippen LogP contribution >= 0.6 is 11.3 Å². The topological polar surface area (TPSA) is 38.1 Å². The molecule has 3 aromatic rings. The van der Waals surface area contributed by atoms with Gasteiger partial charge in [-0.15, -0.1) is 11.3 Å². The molecule has 0 bridgehead atoms. The van der Waals surface area contributed by atoms with Gasteiger partial charge in [-0.1, -0.05) is 26.0 Å². The third-order valence-electron chi connectivity index (χ3n) is 5.89. The Labute approximate surface area is 183 Å². The van der Waals surface area contributed by atoms with Gasteiger partial charge in [0.2, 0.25) is 0 Å². The summed E-state index contributed by atoms with van der Waals surface area (Å²) in [6.45, 7) is 5.52. The summed E-state index contributed by atoms with van der Waals surface area (Å²) >= 11 is 1.57. The number of fused-ring (bicyclic) bond motifs is 3. The summed E-state index contributed by atoms with van der Waals surface area (Å²) in [5.41, 5.74) is 0.619. The molecule has 0 radical (unpaired) electrons. The second-order valence-electron chi connectivity index (χ2n) is 8.79. The second kappa shape index (κ2) is 8.39. The van der Waals surface area contributed by atoms with Crippen LogP contribution in [0.25, 0.3) is 10.2 Å². The maximum Gasteiger partial charge on any atom is 0.416 e. The normalized spacial score (nSPS) is 17.0. The lowest BCUT2D eigenvalue weighted by Crippen LogP contribution is -2.38. The van der Waals surface area contributed by atoms with Crippen molar-refractivity contribution in [3.05, 3.63) is 62.5 Å². The summed E-state index contributed by atoms with van der Waals surface area (Å²) in [7, 11) is 2.16. The maximum atomic E-state index is 13.2. The summed E-state index contributed by atoms with van der Waals surface area (Å²) in [6, 6.07) is 5.56. The predicted octanol–water partition coefficient (Wildman–Crippen LogP) is 4.97. The molecule has 0 saturated heterocycles. The summed E-state index contributed by atoms with van der Waals surface area (Å²) in [5.74, 6) is 0.596. The quantitative estimate of drug-likeness (QED) is 0.552. The fraction of sp³-hybridized carbons (Fsp3) is 0.478. The molecule has 0 amide bonds. The smallest absolute Gasteiger partial charge is 0.303 e. The van der Waals surface area contributed by atoms with Gasteiger partial charge >= 0.3 is 6.18 Å². The highest BCUT2D eigenvalue weighted by molar-refractivity contribution is 7.18. The number of hydrogen-bond acceptors (Lipinski definition) is 4. The summed E-state index contributed by atoms with van der Waals surface area (Å²) in [6.07, 6.45) is -0.228. The van der Waals surface area contributed by atoms with Crippen LogP contribution in [0.1, 0.15) is 41.8 Å². The van der Waals surface area contributed by atoms with E-state index >= 15 is 0 Å². The number of halogens is 3. The van der Waals surface area contributed by atoms with Gasteiger partial charge in [0.15, 0.2) is 0 Å². The SMILES string of the molecule is CC(C)CN(C)[C@@H]1CCc2c(sc3ncn(Cc4cccc(C(F)(F)F)c4)c(=O)c23)C1. The van der Waals surface area contributed by atoms with E-state index in [2.05, 4.69) is 30.8 Å². The molecule has 166 valence electrons. The van der Waals surface area contributed by atoms with Gasteiger partial charge in [0.1, 0.15) is 4.83 Å². The molecule has 0 unspecified atom stereocenters. The van der Waals surface area contributed by atoms with Crippen molar-refractivity contribution < 1.29 is 13.2 Å². The minimum absolute atomic E-state index is 0.0655.